The number of nitrogens with one attached hydrogen (secondary N) is 2. The van der Waals surface area contributed by atoms with Crippen LogP contribution in [0.15, 0.2) is 12.1 Å². The fraction of sp³-hybridized carbons (Fsp3) is 0.643. The summed E-state index contributed by atoms with van der Waals surface area (Å²) in [5.41, 5.74) is 0.589. The Kier molecular flexibility index (Phi) is 7.05. The van der Waals surface area contributed by atoms with Crippen molar-refractivity contribution in [3.63, 3.8) is 0 Å². The molecule has 0 bridgehead atoms. The van der Waals surface area contributed by atoms with Crippen LogP contribution in [-0.2, 0) is 25.9 Å². The molecule has 0 atom stereocenters. The average molecular weight is 372 g/mol. The molecule has 25 heavy (non-hydrogen) atoms. The lowest BCUT2D eigenvalue weighted by Crippen LogP contribution is -2.27. The Bertz CT molecular complexity index is 773. The molecule has 2 heterocycles. The van der Waals surface area contributed by atoms with Crippen molar-refractivity contribution >= 4 is 21.5 Å². The van der Waals surface area contributed by atoms with Crippen molar-refractivity contribution < 1.29 is 17.9 Å². The topological polar surface area (TPSA) is 120 Å². The van der Waals surface area contributed by atoms with Gasteiger partial charge in [0.05, 0.1) is 12.8 Å². The van der Waals surface area contributed by atoms with Crippen molar-refractivity contribution in [3.05, 3.63) is 18.0 Å². The molecule has 0 aliphatic carbocycles. The molecule has 0 saturated heterocycles. The van der Waals surface area contributed by atoms with E-state index in [0.717, 1.165) is 6.26 Å². The van der Waals surface area contributed by atoms with Crippen LogP contribution in [0.25, 0.3) is 5.65 Å². The van der Waals surface area contributed by atoms with Gasteiger partial charge in [0, 0.05) is 26.2 Å². The summed E-state index contributed by atoms with van der Waals surface area (Å²) in [6, 6.07) is 3.57. The zero-order valence-electron chi connectivity index (χ0n) is 14.6. The van der Waals surface area contributed by atoms with Crippen LogP contribution in [0.3, 0.4) is 0 Å². The van der Waals surface area contributed by atoms with Gasteiger partial charge in [-0.05, 0) is 26.0 Å². The van der Waals surface area contributed by atoms with E-state index in [-0.39, 0.29) is 12.8 Å². The highest BCUT2D eigenvalue weighted by atomic mass is 32.2. The largest absolute Gasteiger partial charge is 0.364 e. The van der Waals surface area contributed by atoms with Crippen LogP contribution in [0.4, 0.5) is 5.82 Å². The molecule has 0 amide bonds. The molecular formula is C14H24N6O4S. The molecule has 10 nitrogen and oxygen atoms in total. The first-order valence-electron chi connectivity index (χ1n) is 8.06. The molecule has 0 aliphatic rings. The average Bonchev–Trinajstić information content (AvgIpc) is 2.94. The minimum atomic E-state index is -3.24. The number of sulfonamides is 1. The Morgan fingerprint density at radius 3 is 2.56 bits per heavy atom. The van der Waals surface area contributed by atoms with Gasteiger partial charge >= 0.3 is 0 Å². The predicted octanol–water partition coefficient (Wildman–Crippen LogP) is 0.0270. The molecule has 2 N–H and O–H groups in total. The van der Waals surface area contributed by atoms with E-state index in [1.807, 2.05) is 13.8 Å². The fourth-order valence-corrected chi connectivity index (χ4v) is 2.63. The normalized spacial score (nSPS) is 12.2. The van der Waals surface area contributed by atoms with Gasteiger partial charge in [-0.1, -0.05) is 0 Å². The molecule has 2 aromatic rings. The monoisotopic (exact) mass is 372 g/mol. The molecule has 0 aliphatic heterocycles. The maximum atomic E-state index is 11.1. The number of hydrogen-bond donors (Lipinski definition) is 2. The van der Waals surface area contributed by atoms with Gasteiger partial charge in [-0.15, -0.1) is 15.3 Å². The van der Waals surface area contributed by atoms with Crippen LogP contribution in [0.5, 0.6) is 0 Å². The van der Waals surface area contributed by atoms with Gasteiger partial charge < -0.3 is 14.8 Å². The van der Waals surface area contributed by atoms with Gasteiger partial charge in [-0.3, -0.25) is 0 Å². The number of anilines is 1. The van der Waals surface area contributed by atoms with Gasteiger partial charge in [0.25, 0.3) is 0 Å². The number of fused-ring (bicyclic) bond motifs is 1. The maximum absolute atomic E-state index is 11.1. The molecule has 140 valence electrons. The quantitative estimate of drug-likeness (QED) is 0.530. The number of ether oxygens (including phenoxy) is 2. The van der Waals surface area contributed by atoms with Crippen molar-refractivity contribution in [1.82, 2.24) is 24.5 Å². The standard InChI is InChI=1S/C14H24N6O4S/c1-4-23-14(24-5-2)10-15-11-6-7-12-17-18-13(20(12)19-11)8-9-16-25(3,21)22/h6-7,14,16H,4-5,8-10H2,1-3H3,(H,15,19). The van der Waals surface area contributed by atoms with Gasteiger partial charge in [0.2, 0.25) is 10.0 Å². The molecule has 11 heteroatoms. The number of nitrogens with zero attached hydrogens (tertiary/aromatic N) is 4. The Labute approximate surface area is 147 Å². The minimum absolute atomic E-state index is 0.232. The van der Waals surface area contributed by atoms with Gasteiger partial charge in [0.1, 0.15) is 5.82 Å². The van der Waals surface area contributed by atoms with E-state index < -0.39 is 10.0 Å². The maximum Gasteiger partial charge on any atom is 0.208 e. The van der Waals surface area contributed by atoms with E-state index in [2.05, 4.69) is 25.3 Å². The molecule has 2 aromatic heterocycles. The number of hydrogen-bond acceptors (Lipinski definition) is 8. The minimum Gasteiger partial charge on any atom is -0.364 e. The van der Waals surface area contributed by atoms with Crippen molar-refractivity contribution in [3.8, 4) is 0 Å². The highest BCUT2D eigenvalue weighted by Gasteiger charge is 2.11. The van der Waals surface area contributed by atoms with Crippen molar-refractivity contribution in [2.45, 2.75) is 26.6 Å². The fourth-order valence-electron chi connectivity index (χ4n) is 2.16. The van der Waals surface area contributed by atoms with E-state index in [1.54, 1.807) is 16.6 Å². The number of rotatable bonds is 11. The summed E-state index contributed by atoms with van der Waals surface area (Å²) >= 11 is 0. The summed E-state index contributed by atoms with van der Waals surface area (Å²) < 4.78 is 37.2. The molecular weight excluding hydrogens is 348 g/mol. The van der Waals surface area contributed by atoms with E-state index >= 15 is 0 Å². The Hall–Kier alpha value is -1.82. The summed E-state index contributed by atoms with van der Waals surface area (Å²) in [7, 11) is -3.24. The highest BCUT2D eigenvalue weighted by Crippen LogP contribution is 2.08. The van der Waals surface area contributed by atoms with Crippen LogP contribution in [-0.4, -0.2) is 67.1 Å². The number of aromatic nitrogens is 4. The van der Waals surface area contributed by atoms with E-state index in [9.17, 15) is 8.42 Å². The van der Waals surface area contributed by atoms with Crippen LogP contribution in [0, 0.1) is 0 Å². The lowest BCUT2D eigenvalue weighted by atomic mass is 10.4. The summed E-state index contributed by atoms with van der Waals surface area (Å²) in [6.07, 6.45) is 1.14. The third-order valence-corrected chi connectivity index (χ3v) is 3.92. The van der Waals surface area contributed by atoms with E-state index in [4.69, 9.17) is 9.47 Å². The molecule has 0 fully saturated rings. The predicted molar refractivity (Wildman–Crippen MR) is 92.9 cm³/mol. The Balaban J connectivity index is 2.03. The highest BCUT2D eigenvalue weighted by molar-refractivity contribution is 7.88. The first-order valence-corrected chi connectivity index (χ1v) is 9.95. The third kappa shape index (κ3) is 6.20. The van der Waals surface area contributed by atoms with Crippen molar-refractivity contribution in [2.75, 3.05) is 37.9 Å². The second-order valence-corrected chi connectivity index (χ2v) is 7.08. The molecule has 0 radical (unpaired) electrons. The van der Waals surface area contributed by atoms with Crippen molar-refractivity contribution in [2.24, 2.45) is 0 Å². The third-order valence-electron chi connectivity index (χ3n) is 3.20. The second-order valence-electron chi connectivity index (χ2n) is 5.24. The molecule has 0 spiro atoms. The van der Waals surface area contributed by atoms with E-state index in [1.165, 1.54) is 0 Å². The SMILES string of the molecule is CCOC(CNc1ccc2nnc(CCNS(C)(=O)=O)n2n1)OCC. The first-order chi connectivity index (χ1) is 11.9. The van der Waals surface area contributed by atoms with Crippen LogP contribution in [0.1, 0.15) is 19.7 Å². The Morgan fingerprint density at radius 1 is 1.20 bits per heavy atom. The summed E-state index contributed by atoms with van der Waals surface area (Å²) in [4.78, 5) is 0. The summed E-state index contributed by atoms with van der Waals surface area (Å²) in [5.74, 6) is 1.19. The molecule has 0 saturated carbocycles. The Morgan fingerprint density at radius 2 is 1.92 bits per heavy atom. The van der Waals surface area contributed by atoms with Crippen LogP contribution < -0.4 is 10.0 Å². The second kappa shape index (κ2) is 9.04. The molecule has 2 rings (SSSR count). The zero-order chi connectivity index (χ0) is 18.3. The summed E-state index contributed by atoms with van der Waals surface area (Å²) in [5, 5.41) is 15.7. The zero-order valence-corrected chi connectivity index (χ0v) is 15.4. The van der Waals surface area contributed by atoms with E-state index in [0.29, 0.717) is 43.5 Å². The van der Waals surface area contributed by atoms with Gasteiger partial charge in [-0.25, -0.2) is 13.1 Å². The first kappa shape index (κ1) is 19.5. The smallest absolute Gasteiger partial charge is 0.208 e. The lowest BCUT2D eigenvalue weighted by Gasteiger charge is -2.17. The lowest BCUT2D eigenvalue weighted by molar-refractivity contribution is -0.126. The molecule has 0 aromatic carbocycles. The van der Waals surface area contributed by atoms with Crippen LogP contribution >= 0.6 is 0 Å². The summed E-state index contributed by atoms with van der Waals surface area (Å²) in [6.45, 7) is 5.61. The van der Waals surface area contributed by atoms with Crippen LogP contribution in [0.2, 0.25) is 0 Å². The molecule has 0 unspecified atom stereocenters. The van der Waals surface area contributed by atoms with Crippen molar-refractivity contribution in [1.29, 1.82) is 0 Å². The van der Waals surface area contributed by atoms with Gasteiger partial charge in [0.15, 0.2) is 17.8 Å². The van der Waals surface area contributed by atoms with Gasteiger partial charge in [-0.2, -0.15) is 4.52 Å².